The lowest BCUT2D eigenvalue weighted by molar-refractivity contribution is -0.0153. The lowest BCUT2D eigenvalue weighted by Crippen LogP contribution is -2.36. The van der Waals surface area contributed by atoms with Crippen molar-refractivity contribution < 1.29 is 29.6 Å². The molecule has 0 radical (unpaired) electrons. The van der Waals surface area contributed by atoms with Crippen molar-refractivity contribution >= 4 is 11.7 Å². The number of aliphatic hydroxyl groups is 3. The Kier molecular flexibility index (Phi) is 5.02. The van der Waals surface area contributed by atoms with Crippen molar-refractivity contribution in [2.45, 2.75) is 38.4 Å². The summed E-state index contributed by atoms with van der Waals surface area (Å²) < 4.78 is 10.1. The molecule has 1 fully saturated rings. The molecule has 1 unspecified atom stereocenters. The highest BCUT2D eigenvalue weighted by Crippen LogP contribution is 2.27. The molecular formula is C15H21NO6. The molecular weight excluding hydrogens is 290 g/mol. The number of hydrogen-bond acceptors (Lipinski definition) is 7. The monoisotopic (exact) mass is 311 g/mol. The Morgan fingerprint density at radius 1 is 1.27 bits per heavy atom. The van der Waals surface area contributed by atoms with Gasteiger partial charge in [0.2, 0.25) is 0 Å². The van der Waals surface area contributed by atoms with Crippen LogP contribution in [0.25, 0.3) is 0 Å². The lowest BCUT2D eigenvalue weighted by atomic mass is 10.0. The first-order valence-electron chi connectivity index (χ1n) is 6.97. The van der Waals surface area contributed by atoms with Gasteiger partial charge in [-0.25, -0.2) is 4.79 Å². The minimum absolute atomic E-state index is 0.309. The number of carbonyl (C=O) groups is 1. The summed E-state index contributed by atoms with van der Waals surface area (Å²) in [6, 6.07) is 3.43. The van der Waals surface area contributed by atoms with Crippen LogP contribution in [0.2, 0.25) is 0 Å². The van der Waals surface area contributed by atoms with E-state index in [1.165, 1.54) is 7.11 Å². The van der Waals surface area contributed by atoms with Gasteiger partial charge in [-0.15, -0.1) is 0 Å². The standard InChI is InChI=1S/C15H21NO6/c1-7-4-9(15(20)21-3)10(5-8(7)2)16-14-13(19)12(18)11(6-17)22-14/h4-5,11-14,16-19H,6H2,1-3H3/t11-,12-,13-,14?/m1/s1. The maximum Gasteiger partial charge on any atom is 0.339 e. The molecule has 7 nitrogen and oxygen atoms in total. The topological polar surface area (TPSA) is 108 Å². The van der Waals surface area contributed by atoms with E-state index in [0.29, 0.717) is 11.3 Å². The second kappa shape index (κ2) is 6.62. The van der Waals surface area contributed by atoms with Crippen LogP contribution < -0.4 is 5.32 Å². The fourth-order valence-corrected chi connectivity index (χ4v) is 2.39. The van der Waals surface area contributed by atoms with E-state index in [9.17, 15) is 15.0 Å². The number of aliphatic hydroxyl groups excluding tert-OH is 3. The van der Waals surface area contributed by atoms with Crippen molar-refractivity contribution in [2.24, 2.45) is 0 Å². The molecule has 0 bridgehead atoms. The van der Waals surface area contributed by atoms with Crippen LogP contribution in [0, 0.1) is 13.8 Å². The molecule has 0 amide bonds. The Bertz CT molecular complexity index is 561. The van der Waals surface area contributed by atoms with Crippen LogP contribution in [-0.4, -0.2) is 59.5 Å². The first-order valence-corrected chi connectivity index (χ1v) is 6.97. The largest absolute Gasteiger partial charge is 0.465 e. The molecule has 0 saturated carbocycles. The van der Waals surface area contributed by atoms with Gasteiger partial charge < -0.3 is 30.1 Å². The highest BCUT2D eigenvalue weighted by Gasteiger charge is 2.42. The van der Waals surface area contributed by atoms with Gasteiger partial charge in [0, 0.05) is 0 Å². The van der Waals surface area contributed by atoms with Crippen LogP contribution in [0.1, 0.15) is 21.5 Å². The third-order valence-corrected chi connectivity index (χ3v) is 3.88. The molecule has 1 aromatic rings. The summed E-state index contributed by atoms with van der Waals surface area (Å²) in [5.74, 6) is -0.516. The van der Waals surface area contributed by atoms with E-state index in [1.54, 1.807) is 12.1 Å². The summed E-state index contributed by atoms with van der Waals surface area (Å²) in [6.07, 6.45) is -4.22. The Labute approximate surface area is 128 Å². The number of aryl methyl sites for hydroxylation is 2. The quantitative estimate of drug-likeness (QED) is 0.577. The SMILES string of the molecule is COC(=O)c1cc(C)c(C)cc1NC1O[C@H](CO)[C@@H](O)[C@H]1O. The van der Waals surface area contributed by atoms with Gasteiger partial charge in [0.15, 0.2) is 6.23 Å². The van der Waals surface area contributed by atoms with Gasteiger partial charge in [0.05, 0.1) is 25.0 Å². The zero-order valence-corrected chi connectivity index (χ0v) is 12.7. The summed E-state index contributed by atoms with van der Waals surface area (Å²) in [4.78, 5) is 11.9. The van der Waals surface area contributed by atoms with Gasteiger partial charge in [0.25, 0.3) is 0 Å². The van der Waals surface area contributed by atoms with E-state index in [1.807, 2.05) is 13.8 Å². The first kappa shape index (κ1) is 16.7. The summed E-state index contributed by atoms with van der Waals surface area (Å²) in [7, 11) is 1.29. The number of methoxy groups -OCH3 is 1. The molecule has 0 spiro atoms. The van der Waals surface area contributed by atoms with E-state index >= 15 is 0 Å². The predicted octanol–water partition coefficient (Wildman–Crippen LogP) is -0.0591. The third kappa shape index (κ3) is 3.07. The molecule has 1 aliphatic heterocycles. The smallest absolute Gasteiger partial charge is 0.339 e. The third-order valence-electron chi connectivity index (χ3n) is 3.88. The normalized spacial score (nSPS) is 27.7. The number of rotatable bonds is 4. The molecule has 22 heavy (non-hydrogen) atoms. The Morgan fingerprint density at radius 2 is 1.91 bits per heavy atom. The van der Waals surface area contributed by atoms with Crippen LogP contribution >= 0.6 is 0 Å². The molecule has 1 saturated heterocycles. The summed E-state index contributed by atoms with van der Waals surface area (Å²) in [5, 5.41) is 31.7. The molecule has 0 aromatic heterocycles. The van der Waals surface area contributed by atoms with Crippen molar-refractivity contribution in [3.63, 3.8) is 0 Å². The van der Waals surface area contributed by atoms with E-state index in [-0.39, 0.29) is 0 Å². The van der Waals surface area contributed by atoms with Gasteiger partial charge >= 0.3 is 5.97 Å². The minimum atomic E-state index is -1.22. The summed E-state index contributed by atoms with van der Waals surface area (Å²) in [6.45, 7) is 3.35. The van der Waals surface area contributed by atoms with Crippen LogP contribution in [0.3, 0.4) is 0 Å². The fraction of sp³-hybridized carbons (Fsp3) is 0.533. The van der Waals surface area contributed by atoms with Crippen molar-refractivity contribution in [3.05, 3.63) is 28.8 Å². The predicted molar refractivity (Wildman–Crippen MR) is 78.6 cm³/mol. The molecule has 1 heterocycles. The van der Waals surface area contributed by atoms with Crippen LogP contribution in [0.5, 0.6) is 0 Å². The molecule has 0 aliphatic carbocycles. The van der Waals surface area contributed by atoms with Crippen LogP contribution in [-0.2, 0) is 9.47 Å². The van der Waals surface area contributed by atoms with Crippen molar-refractivity contribution in [1.29, 1.82) is 0 Å². The molecule has 122 valence electrons. The minimum Gasteiger partial charge on any atom is -0.465 e. The molecule has 4 atom stereocenters. The molecule has 1 aliphatic rings. The van der Waals surface area contributed by atoms with Crippen molar-refractivity contribution in [3.8, 4) is 0 Å². The zero-order valence-electron chi connectivity index (χ0n) is 12.7. The summed E-state index contributed by atoms with van der Waals surface area (Å²) in [5.41, 5.74) is 2.61. The number of esters is 1. The number of benzene rings is 1. The van der Waals surface area contributed by atoms with E-state index in [4.69, 9.17) is 14.6 Å². The first-order chi connectivity index (χ1) is 10.4. The number of ether oxygens (including phenoxy) is 2. The van der Waals surface area contributed by atoms with Gasteiger partial charge in [-0.3, -0.25) is 0 Å². The molecule has 2 rings (SSSR count). The Balaban J connectivity index is 2.29. The number of anilines is 1. The van der Waals surface area contributed by atoms with Crippen LogP contribution in [0.15, 0.2) is 12.1 Å². The fourth-order valence-electron chi connectivity index (χ4n) is 2.39. The highest BCUT2D eigenvalue weighted by atomic mass is 16.6. The van der Waals surface area contributed by atoms with E-state index in [0.717, 1.165) is 11.1 Å². The van der Waals surface area contributed by atoms with Gasteiger partial charge in [-0.05, 0) is 37.1 Å². The summed E-state index contributed by atoms with van der Waals surface area (Å²) >= 11 is 0. The molecule has 7 heteroatoms. The molecule has 4 N–H and O–H groups in total. The highest BCUT2D eigenvalue weighted by molar-refractivity contribution is 5.96. The Hall–Kier alpha value is -1.67. The van der Waals surface area contributed by atoms with E-state index < -0.39 is 37.1 Å². The van der Waals surface area contributed by atoms with Gasteiger partial charge in [0.1, 0.15) is 18.3 Å². The molecule has 1 aromatic carbocycles. The number of hydrogen-bond donors (Lipinski definition) is 4. The average molecular weight is 311 g/mol. The van der Waals surface area contributed by atoms with Crippen molar-refractivity contribution in [1.82, 2.24) is 0 Å². The van der Waals surface area contributed by atoms with Crippen LogP contribution in [0.4, 0.5) is 5.69 Å². The van der Waals surface area contributed by atoms with Crippen molar-refractivity contribution in [2.75, 3.05) is 19.0 Å². The lowest BCUT2D eigenvalue weighted by Gasteiger charge is -2.20. The zero-order chi connectivity index (χ0) is 16.4. The Morgan fingerprint density at radius 3 is 2.45 bits per heavy atom. The maximum atomic E-state index is 11.9. The number of carbonyl (C=O) groups excluding carboxylic acids is 1. The number of nitrogens with one attached hydrogen (secondary N) is 1. The second-order valence-electron chi connectivity index (χ2n) is 5.38. The van der Waals surface area contributed by atoms with Gasteiger partial charge in [-0.1, -0.05) is 0 Å². The average Bonchev–Trinajstić information content (AvgIpc) is 2.77. The van der Waals surface area contributed by atoms with Gasteiger partial charge in [-0.2, -0.15) is 0 Å². The second-order valence-corrected chi connectivity index (χ2v) is 5.38. The van der Waals surface area contributed by atoms with E-state index in [2.05, 4.69) is 5.32 Å². The maximum absolute atomic E-state index is 11.9.